The molecular formula is C10H12ClN3O2. The lowest BCUT2D eigenvalue weighted by Gasteiger charge is -2.31. The maximum Gasteiger partial charge on any atom is 0.271 e. The molecule has 1 saturated carbocycles. The van der Waals surface area contributed by atoms with Crippen LogP contribution in [0.25, 0.3) is 0 Å². The van der Waals surface area contributed by atoms with Crippen LogP contribution in [-0.2, 0) is 0 Å². The number of aliphatic hydroxyl groups excluding tert-OH is 1. The lowest BCUT2D eigenvalue weighted by atomic mass is 9.82. The van der Waals surface area contributed by atoms with Gasteiger partial charge in [-0.15, -0.1) is 10.2 Å². The van der Waals surface area contributed by atoms with E-state index in [0.29, 0.717) is 12.5 Å². The fraction of sp³-hybridized carbons (Fsp3) is 0.500. The van der Waals surface area contributed by atoms with Gasteiger partial charge < -0.3 is 10.4 Å². The second kappa shape index (κ2) is 4.76. The van der Waals surface area contributed by atoms with Crippen molar-refractivity contribution in [1.82, 2.24) is 15.5 Å². The number of halogens is 1. The molecule has 6 heteroatoms. The summed E-state index contributed by atoms with van der Waals surface area (Å²) < 4.78 is 0. The fourth-order valence-corrected chi connectivity index (χ4v) is 1.73. The van der Waals surface area contributed by atoms with E-state index in [0.717, 1.165) is 12.8 Å². The summed E-state index contributed by atoms with van der Waals surface area (Å²) >= 11 is 5.56. The minimum Gasteiger partial charge on any atom is -0.393 e. The summed E-state index contributed by atoms with van der Waals surface area (Å²) in [5.41, 5.74) is 0.254. The predicted molar refractivity (Wildman–Crippen MR) is 58.1 cm³/mol. The predicted octanol–water partition coefficient (Wildman–Crippen LogP) is 0.631. The average Bonchev–Trinajstić information content (AvgIpc) is 2.23. The highest BCUT2D eigenvalue weighted by Crippen LogP contribution is 2.26. The van der Waals surface area contributed by atoms with Crippen molar-refractivity contribution in [2.45, 2.75) is 18.9 Å². The summed E-state index contributed by atoms with van der Waals surface area (Å²) in [6.07, 6.45) is 1.32. The van der Waals surface area contributed by atoms with Gasteiger partial charge in [0.15, 0.2) is 10.8 Å². The Kier molecular flexibility index (Phi) is 3.36. The number of nitrogens with one attached hydrogen (secondary N) is 1. The van der Waals surface area contributed by atoms with Crippen molar-refractivity contribution >= 4 is 17.5 Å². The quantitative estimate of drug-likeness (QED) is 0.814. The highest BCUT2D eigenvalue weighted by molar-refractivity contribution is 6.29. The third kappa shape index (κ3) is 2.68. The van der Waals surface area contributed by atoms with Gasteiger partial charge in [0.05, 0.1) is 6.10 Å². The van der Waals surface area contributed by atoms with Gasteiger partial charge in [0.2, 0.25) is 0 Å². The molecule has 2 rings (SSSR count). The Balaban J connectivity index is 1.81. The normalized spacial score (nSPS) is 23.6. The zero-order chi connectivity index (χ0) is 11.5. The smallest absolute Gasteiger partial charge is 0.271 e. The summed E-state index contributed by atoms with van der Waals surface area (Å²) in [6.45, 7) is 0.570. The molecule has 0 spiro atoms. The molecule has 1 aliphatic carbocycles. The van der Waals surface area contributed by atoms with Gasteiger partial charge in [-0.2, -0.15) is 0 Å². The number of hydrogen-bond acceptors (Lipinski definition) is 4. The van der Waals surface area contributed by atoms with Crippen LogP contribution in [0.2, 0.25) is 5.15 Å². The molecule has 0 bridgehead atoms. The SMILES string of the molecule is O=C(NCC1CC(O)C1)c1ccc(Cl)nn1. The van der Waals surface area contributed by atoms with Crippen LogP contribution >= 0.6 is 11.6 Å². The van der Waals surface area contributed by atoms with E-state index in [1.54, 1.807) is 0 Å². The minimum absolute atomic E-state index is 0.197. The number of aromatic nitrogens is 2. The standard InChI is InChI=1S/C10H12ClN3O2/c11-9-2-1-8(13-14-9)10(16)12-5-6-3-7(15)4-6/h1-2,6-7,15H,3-5H2,(H,12,16). The van der Waals surface area contributed by atoms with E-state index in [9.17, 15) is 4.79 Å². The molecule has 5 nitrogen and oxygen atoms in total. The minimum atomic E-state index is -0.259. The molecule has 0 atom stereocenters. The Bertz CT molecular complexity index is 376. The zero-order valence-electron chi connectivity index (χ0n) is 8.56. The molecule has 0 unspecified atom stereocenters. The number of carbonyl (C=O) groups is 1. The van der Waals surface area contributed by atoms with Gasteiger partial charge in [0, 0.05) is 6.54 Å². The van der Waals surface area contributed by atoms with E-state index >= 15 is 0 Å². The third-order valence-corrected chi connectivity index (χ3v) is 2.83. The molecule has 1 heterocycles. The van der Waals surface area contributed by atoms with Crippen LogP contribution in [0.1, 0.15) is 23.3 Å². The maximum atomic E-state index is 11.6. The number of aliphatic hydroxyl groups is 1. The third-order valence-electron chi connectivity index (χ3n) is 2.63. The van der Waals surface area contributed by atoms with Crippen molar-refractivity contribution in [1.29, 1.82) is 0 Å². The molecule has 1 aliphatic rings. The van der Waals surface area contributed by atoms with Crippen molar-refractivity contribution in [3.05, 3.63) is 23.0 Å². The van der Waals surface area contributed by atoms with Crippen LogP contribution in [0.5, 0.6) is 0 Å². The van der Waals surface area contributed by atoms with Gasteiger partial charge in [-0.05, 0) is 30.9 Å². The van der Waals surface area contributed by atoms with Crippen molar-refractivity contribution in [2.75, 3.05) is 6.54 Å². The Morgan fingerprint density at radius 3 is 2.81 bits per heavy atom. The topological polar surface area (TPSA) is 75.1 Å². The second-order valence-corrected chi connectivity index (χ2v) is 4.33. The molecule has 0 aromatic carbocycles. The van der Waals surface area contributed by atoms with Crippen LogP contribution in [0.15, 0.2) is 12.1 Å². The largest absolute Gasteiger partial charge is 0.393 e. The molecule has 1 amide bonds. The first-order chi connectivity index (χ1) is 7.65. The van der Waals surface area contributed by atoms with E-state index in [2.05, 4.69) is 15.5 Å². The first kappa shape index (κ1) is 11.3. The molecule has 0 aliphatic heterocycles. The van der Waals surface area contributed by atoms with Gasteiger partial charge in [0.1, 0.15) is 0 Å². The average molecular weight is 242 g/mol. The van der Waals surface area contributed by atoms with Crippen molar-refractivity contribution in [3.63, 3.8) is 0 Å². The Morgan fingerprint density at radius 1 is 1.50 bits per heavy atom. The van der Waals surface area contributed by atoms with Gasteiger partial charge in [-0.1, -0.05) is 11.6 Å². The Hall–Kier alpha value is -1.20. The van der Waals surface area contributed by atoms with Gasteiger partial charge in [-0.3, -0.25) is 4.79 Å². The highest BCUT2D eigenvalue weighted by atomic mass is 35.5. The molecule has 0 radical (unpaired) electrons. The summed E-state index contributed by atoms with van der Waals surface area (Å²) in [5.74, 6) is 0.116. The second-order valence-electron chi connectivity index (χ2n) is 3.94. The van der Waals surface area contributed by atoms with E-state index in [-0.39, 0.29) is 22.9 Å². The molecule has 2 N–H and O–H groups in total. The van der Waals surface area contributed by atoms with Crippen molar-refractivity contribution < 1.29 is 9.90 Å². The first-order valence-electron chi connectivity index (χ1n) is 5.10. The fourth-order valence-electron chi connectivity index (χ4n) is 1.63. The lowest BCUT2D eigenvalue weighted by Crippen LogP contribution is -2.38. The van der Waals surface area contributed by atoms with Crippen molar-refractivity contribution in [2.24, 2.45) is 5.92 Å². The summed E-state index contributed by atoms with van der Waals surface area (Å²) in [7, 11) is 0. The molecule has 1 aromatic heterocycles. The Labute approximate surface area is 97.8 Å². The summed E-state index contributed by atoms with van der Waals surface area (Å²) in [4.78, 5) is 11.6. The number of hydrogen-bond donors (Lipinski definition) is 2. The van der Waals surface area contributed by atoms with E-state index in [1.807, 2.05) is 0 Å². The van der Waals surface area contributed by atoms with E-state index in [4.69, 9.17) is 16.7 Å². The Morgan fingerprint density at radius 2 is 2.25 bits per heavy atom. The number of carbonyl (C=O) groups excluding carboxylic acids is 1. The number of amides is 1. The number of nitrogens with zero attached hydrogens (tertiary/aromatic N) is 2. The monoisotopic (exact) mass is 241 g/mol. The molecule has 1 aromatic rings. The summed E-state index contributed by atoms with van der Waals surface area (Å²) in [5, 5.41) is 19.3. The van der Waals surface area contributed by atoms with Crippen LogP contribution in [0, 0.1) is 5.92 Å². The number of rotatable bonds is 3. The van der Waals surface area contributed by atoms with E-state index < -0.39 is 0 Å². The van der Waals surface area contributed by atoms with Gasteiger partial charge in [-0.25, -0.2) is 0 Å². The highest BCUT2D eigenvalue weighted by Gasteiger charge is 2.27. The molecule has 0 saturated heterocycles. The van der Waals surface area contributed by atoms with E-state index in [1.165, 1.54) is 12.1 Å². The van der Waals surface area contributed by atoms with Crippen LogP contribution in [0.4, 0.5) is 0 Å². The van der Waals surface area contributed by atoms with Crippen LogP contribution < -0.4 is 5.32 Å². The molecule has 86 valence electrons. The van der Waals surface area contributed by atoms with Gasteiger partial charge in [0.25, 0.3) is 5.91 Å². The molecule has 1 fully saturated rings. The molecule has 16 heavy (non-hydrogen) atoms. The maximum absolute atomic E-state index is 11.6. The van der Waals surface area contributed by atoms with Crippen molar-refractivity contribution in [3.8, 4) is 0 Å². The zero-order valence-corrected chi connectivity index (χ0v) is 9.31. The lowest BCUT2D eigenvalue weighted by molar-refractivity contribution is 0.0419. The van der Waals surface area contributed by atoms with Crippen LogP contribution in [-0.4, -0.2) is 33.9 Å². The first-order valence-corrected chi connectivity index (χ1v) is 5.48. The summed E-state index contributed by atoms with van der Waals surface area (Å²) in [6, 6.07) is 3.05. The van der Waals surface area contributed by atoms with Crippen LogP contribution in [0.3, 0.4) is 0 Å². The van der Waals surface area contributed by atoms with Gasteiger partial charge >= 0.3 is 0 Å². The molecular weight excluding hydrogens is 230 g/mol.